The van der Waals surface area contributed by atoms with Gasteiger partial charge in [0.15, 0.2) is 0 Å². The normalized spacial score (nSPS) is 18.9. The monoisotopic (exact) mass is 227 g/mol. The number of aliphatic hydroxyl groups excluding tert-OH is 1. The molecule has 0 atom stereocenters. The number of aliphatic hydroxyl groups is 1. The molecule has 0 bridgehead atoms. The summed E-state index contributed by atoms with van der Waals surface area (Å²) in [4.78, 5) is 0. The van der Waals surface area contributed by atoms with Gasteiger partial charge in [-0.15, -0.1) is 0 Å². The number of unbranched alkanes of at least 4 members (excludes halogenated alkanes) is 1. The Morgan fingerprint density at radius 2 is 1.81 bits per heavy atom. The first-order valence-electron chi connectivity index (χ1n) is 6.98. The second kappa shape index (κ2) is 7.29. The lowest BCUT2D eigenvalue weighted by molar-refractivity contribution is 0.154. The van der Waals surface area contributed by atoms with Crippen molar-refractivity contribution in [3.63, 3.8) is 0 Å². The van der Waals surface area contributed by atoms with Gasteiger partial charge in [-0.25, -0.2) is 0 Å². The minimum absolute atomic E-state index is 0.327. The van der Waals surface area contributed by atoms with Gasteiger partial charge in [-0.2, -0.15) is 0 Å². The molecule has 0 unspecified atom stereocenters. The van der Waals surface area contributed by atoms with Crippen molar-refractivity contribution in [1.29, 1.82) is 0 Å². The van der Waals surface area contributed by atoms with E-state index in [-0.39, 0.29) is 0 Å². The van der Waals surface area contributed by atoms with Crippen molar-refractivity contribution in [2.75, 3.05) is 19.7 Å². The third-order valence-electron chi connectivity index (χ3n) is 4.05. The fraction of sp³-hybridized carbons (Fsp3) is 1.00. The minimum Gasteiger partial charge on any atom is -0.396 e. The molecule has 0 heterocycles. The van der Waals surface area contributed by atoms with Crippen LogP contribution < -0.4 is 5.32 Å². The molecule has 0 aromatic rings. The van der Waals surface area contributed by atoms with Crippen molar-refractivity contribution in [3.8, 4) is 0 Å². The Labute approximate surface area is 101 Å². The van der Waals surface area contributed by atoms with Gasteiger partial charge in [0.1, 0.15) is 0 Å². The van der Waals surface area contributed by atoms with Crippen LogP contribution in [0.4, 0.5) is 0 Å². The molecule has 0 aliphatic heterocycles. The van der Waals surface area contributed by atoms with Gasteiger partial charge in [0.25, 0.3) is 0 Å². The molecule has 0 spiro atoms. The van der Waals surface area contributed by atoms with Crippen LogP contribution in [0.5, 0.6) is 0 Å². The fourth-order valence-corrected chi connectivity index (χ4v) is 2.80. The van der Waals surface area contributed by atoms with Gasteiger partial charge >= 0.3 is 0 Å². The fourth-order valence-electron chi connectivity index (χ4n) is 2.80. The number of hydrogen-bond donors (Lipinski definition) is 2. The molecular formula is C14H29NO. The summed E-state index contributed by atoms with van der Waals surface area (Å²) < 4.78 is 0. The second-order valence-electron chi connectivity index (χ2n) is 5.93. The van der Waals surface area contributed by atoms with E-state index in [2.05, 4.69) is 19.2 Å². The van der Waals surface area contributed by atoms with E-state index in [1.54, 1.807) is 0 Å². The van der Waals surface area contributed by atoms with E-state index < -0.39 is 0 Å². The maximum atomic E-state index is 8.70. The highest BCUT2D eigenvalue weighted by atomic mass is 16.2. The summed E-state index contributed by atoms with van der Waals surface area (Å²) in [6, 6.07) is 0. The van der Waals surface area contributed by atoms with Gasteiger partial charge in [-0.1, -0.05) is 33.1 Å². The molecule has 16 heavy (non-hydrogen) atoms. The first-order chi connectivity index (χ1) is 7.67. The Morgan fingerprint density at radius 3 is 2.44 bits per heavy atom. The third-order valence-corrected chi connectivity index (χ3v) is 4.05. The van der Waals surface area contributed by atoms with Crippen LogP contribution in [0.2, 0.25) is 0 Å². The zero-order chi connectivity index (χ0) is 11.9. The van der Waals surface area contributed by atoms with Crippen molar-refractivity contribution in [2.45, 2.75) is 58.8 Å². The Morgan fingerprint density at radius 1 is 1.12 bits per heavy atom. The molecule has 0 radical (unpaired) electrons. The number of rotatable bonds is 7. The van der Waals surface area contributed by atoms with Crippen LogP contribution in [-0.2, 0) is 0 Å². The summed E-state index contributed by atoms with van der Waals surface area (Å²) in [5.74, 6) is 0.909. The summed E-state index contributed by atoms with van der Waals surface area (Å²) in [6.45, 7) is 7.32. The van der Waals surface area contributed by atoms with Gasteiger partial charge in [0, 0.05) is 13.2 Å². The lowest BCUT2D eigenvalue weighted by Gasteiger charge is -2.37. The van der Waals surface area contributed by atoms with Gasteiger partial charge in [-0.05, 0) is 43.6 Å². The Hall–Kier alpha value is -0.0800. The molecule has 1 saturated carbocycles. The lowest BCUT2D eigenvalue weighted by atomic mass is 9.71. The maximum absolute atomic E-state index is 8.70. The van der Waals surface area contributed by atoms with Crippen LogP contribution in [-0.4, -0.2) is 24.8 Å². The van der Waals surface area contributed by atoms with Crippen LogP contribution in [0.15, 0.2) is 0 Å². The van der Waals surface area contributed by atoms with Crippen LogP contribution in [0.25, 0.3) is 0 Å². The first kappa shape index (κ1) is 14.0. The summed E-state index contributed by atoms with van der Waals surface area (Å²) in [7, 11) is 0. The van der Waals surface area contributed by atoms with Crippen LogP contribution >= 0.6 is 0 Å². The summed E-state index contributed by atoms with van der Waals surface area (Å²) >= 11 is 0. The minimum atomic E-state index is 0.327. The Balaban J connectivity index is 2.16. The summed E-state index contributed by atoms with van der Waals surface area (Å²) in [5.41, 5.74) is 0.444. The summed E-state index contributed by atoms with van der Waals surface area (Å²) in [5, 5.41) is 12.2. The van der Waals surface area contributed by atoms with Gasteiger partial charge in [0.05, 0.1) is 0 Å². The molecule has 0 aromatic carbocycles. The van der Waals surface area contributed by atoms with Crippen LogP contribution in [0.3, 0.4) is 0 Å². The first-order valence-corrected chi connectivity index (χ1v) is 6.98. The molecule has 1 aliphatic carbocycles. The molecule has 2 N–H and O–H groups in total. The van der Waals surface area contributed by atoms with Crippen molar-refractivity contribution < 1.29 is 5.11 Å². The highest BCUT2D eigenvalue weighted by Crippen LogP contribution is 2.37. The topological polar surface area (TPSA) is 32.3 Å². The van der Waals surface area contributed by atoms with E-state index in [4.69, 9.17) is 5.11 Å². The average molecular weight is 227 g/mol. The maximum Gasteiger partial charge on any atom is 0.0431 e. The number of hydrogen-bond acceptors (Lipinski definition) is 2. The predicted octanol–water partition coefficient (Wildman–Crippen LogP) is 2.96. The largest absolute Gasteiger partial charge is 0.396 e. The van der Waals surface area contributed by atoms with Gasteiger partial charge < -0.3 is 10.4 Å². The molecule has 1 rings (SSSR count). The van der Waals surface area contributed by atoms with E-state index in [1.807, 2.05) is 0 Å². The smallest absolute Gasteiger partial charge is 0.0431 e. The molecule has 96 valence electrons. The Bertz CT molecular complexity index is 174. The van der Waals surface area contributed by atoms with E-state index in [0.29, 0.717) is 12.0 Å². The average Bonchev–Trinajstić information content (AvgIpc) is 2.30. The SMILES string of the molecule is CC(C)(CNCCCCO)C1CCCCC1. The molecule has 0 saturated heterocycles. The second-order valence-corrected chi connectivity index (χ2v) is 5.93. The van der Waals surface area contributed by atoms with E-state index in [0.717, 1.165) is 31.8 Å². The lowest BCUT2D eigenvalue weighted by Crippen LogP contribution is -2.37. The molecule has 0 amide bonds. The van der Waals surface area contributed by atoms with Crippen LogP contribution in [0, 0.1) is 11.3 Å². The highest BCUT2D eigenvalue weighted by Gasteiger charge is 2.29. The van der Waals surface area contributed by atoms with E-state index >= 15 is 0 Å². The number of nitrogens with one attached hydrogen (secondary N) is 1. The molecular weight excluding hydrogens is 198 g/mol. The standard InChI is InChI=1S/C14H29NO/c1-14(2,12-15-10-6-7-11-16)13-8-4-3-5-9-13/h13,15-16H,3-12H2,1-2H3. The molecule has 2 heteroatoms. The molecule has 0 aromatic heterocycles. The molecule has 2 nitrogen and oxygen atoms in total. The molecule has 1 fully saturated rings. The summed E-state index contributed by atoms with van der Waals surface area (Å²) in [6.07, 6.45) is 9.17. The predicted molar refractivity (Wildman–Crippen MR) is 69.5 cm³/mol. The zero-order valence-corrected chi connectivity index (χ0v) is 11.1. The third kappa shape index (κ3) is 4.84. The quantitative estimate of drug-likeness (QED) is 0.655. The van der Waals surface area contributed by atoms with Crippen molar-refractivity contribution in [3.05, 3.63) is 0 Å². The van der Waals surface area contributed by atoms with Crippen molar-refractivity contribution in [2.24, 2.45) is 11.3 Å². The molecule has 1 aliphatic rings. The van der Waals surface area contributed by atoms with Gasteiger partial charge in [0.2, 0.25) is 0 Å². The van der Waals surface area contributed by atoms with E-state index in [9.17, 15) is 0 Å². The Kier molecular flexibility index (Phi) is 6.37. The zero-order valence-electron chi connectivity index (χ0n) is 11.1. The van der Waals surface area contributed by atoms with Gasteiger partial charge in [-0.3, -0.25) is 0 Å². The van der Waals surface area contributed by atoms with E-state index in [1.165, 1.54) is 32.1 Å². The van der Waals surface area contributed by atoms with Crippen LogP contribution in [0.1, 0.15) is 58.8 Å². The van der Waals surface area contributed by atoms with Crippen molar-refractivity contribution in [1.82, 2.24) is 5.32 Å². The highest BCUT2D eigenvalue weighted by molar-refractivity contribution is 4.82. The van der Waals surface area contributed by atoms with Crippen molar-refractivity contribution >= 4 is 0 Å².